The highest BCUT2D eigenvalue weighted by Crippen LogP contribution is 2.39. The fourth-order valence-corrected chi connectivity index (χ4v) is 5.88. The number of thioether (sulfide) groups is 1. The van der Waals surface area contributed by atoms with Crippen molar-refractivity contribution >= 4 is 34.6 Å². The van der Waals surface area contributed by atoms with Gasteiger partial charge in [-0.2, -0.15) is 5.26 Å². The number of hydrogen-bond donors (Lipinski definition) is 0. The van der Waals surface area contributed by atoms with Gasteiger partial charge in [0.1, 0.15) is 18.1 Å². The minimum Gasteiger partial charge on any atom is -0.493 e. The van der Waals surface area contributed by atoms with Crippen molar-refractivity contribution in [2.24, 2.45) is 4.99 Å². The SMILES string of the molecule is COc1cc(/C=C2\SC(=Nc3ccccc3F)N(C3CCCCC3)C2=O)ccc1OCc1ccccc1C#N. The van der Waals surface area contributed by atoms with Crippen molar-refractivity contribution in [1.82, 2.24) is 4.90 Å². The molecule has 0 spiro atoms. The molecule has 0 radical (unpaired) electrons. The van der Waals surface area contributed by atoms with Gasteiger partial charge in [0.15, 0.2) is 16.7 Å². The monoisotopic (exact) mass is 541 g/mol. The summed E-state index contributed by atoms with van der Waals surface area (Å²) in [5.41, 5.74) is 2.33. The van der Waals surface area contributed by atoms with Crippen LogP contribution in [-0.2, 0) is 11.4 Å². The van der Waals surface area contributed by atoms with E-state index in [9.17, 15) is 14.4 Å². The van der Waals surface area contributed by atoms with Gasteiger partial charge in [0, 0.05) is 11.6 Å². The number of nitrogens with zero attached hydrogens (tertiary/aromatic N) is 3. The van der Waals surface area contributed by atoms with Crippen molar-refractivity contribution in [3.63, 3.8) is 0 Å². The molecular formula is C31H28FN3O3S. The number of nitriles is 1. The maximum absolute atomic E-state index is 14.4. The second kappa shape index (κ2) is 12.2. The maximum Gasteiger partial charge on any atom is 0.267 e. The molecule has 1 saturated carbocycles. The number of para-hydroxylation sites is 1. The molecule has 5 rings (SSSR count). The average molecular weight is 542 g/mol. The van der Waals surface area contributed by atoms with E-state index in [4.69, 9.17) is 9.47 Å². The van der Waals surface area contributed by atoms with E-state index in [1.165, 1.54) is 17.8 Å². The molecule has 0 N–H and O–H groups in total. The summed E-state index contributed by atoms with van der Waals surface area (Å²) < 4.78 is 25.9. The molecule has 39 heavy (non-hydrogen) atoms. The summed E-state index contributed by atoms with van der Waals surface area (Å²) >= 11 is 1.27. The minimum absolute atomic E-state index is 0.0526. The first-order chi connectivity index (χ1) is 19.1. The molecule has 0 atom stereocenters. The second-order valence-corrected chi connectivity index (χ2v) is 10.4. The standard InChI is InChI=1S/C31H28FN3O3S/c1-37-28-17-21(15-16-27(28)38-20-23-10-6-5-9-22(23)19-33)18-29-30(36)35(24-11-3-2-4-12-24)31(39-29)34-26-14-8-7-13-25(26)32/h5-10,13-18,24H,2-4,11-12,20H2,1H3/b29-18-,34-31?. The number of hydrogen-bond acceptors (Lipinski definition) is 6. The van der Waals surface area contributed by atoms with E-state index in [0.29, 0.717) is 27.1 Å². The first-order valence-corrected chi connectivity index (χ1v) is 13.7. The minimum atomic E-state index is -0.420. The number of benzene rings is 3. The molecule has 1 saturated heterocycles. The van der Waals surface area contributed by atoms with Crippen LogP contribution in [0, 0.1) is 17.1 Å². The lowest BCUT2D eigenvalue weighted by Crippen LogP contribution is -2.40. The highest BCUT2D eigenvalue weighted by Gasteiger charge is 2.38. The molecule has 1 amide bonds. The number of rotatable bonds is 7. The normalized spacial score (nSPS) is 18.0. The van der Waals surface area contributed by atoms with Crippen molar-refractivity contribution in [2.45, 2.75) is 44.8 Å². The predicted molar refractivity (Wildman–Crippen MR) is 151 cm³/mol. The number of ether oxygens (including phenoxy) is 2. The van der Waals surface area contributed by atoms with Gasteiger partial charge >= 0.3 is 0 Å². The highest BCUT2D eigenvalue weighted by atomic mass is 32.2. The number of aliphatic imine (C=N–C) groups is 1. The fraction of sp³-hybridized carbons (Fsp3) is 0.258. The molecule has 2 fully saturated rings. The summed E-state index contributed by atoms with van der Waals surface area (Å²) in [6.45, 7) is 0.223. The third kappa shape index (κ3) is 5.99. The molecule has 0 aromatic heterocycles. The molecule has 0 unspecified atom stereocenters. The maximum atomic E-state index is 14.4. The Kier molecular flexibility index (Phi) is 8.28. The quantitative estimate of drug-likeness (QED) is 0.295. The lowest BCUT2D eigenvalue weighted by molar-refractivity contribution is -0.124. The Balaban J connectivity index is 1.41. The zero-order valence-electron chi connectivity index (χ0n) is 21.6. The molecule has 2 aliphatic rings. The Bertz CT molecular complexity index is 1470. The molecule has 198 valence electrons. The molecule has 3 aromatic carbocycles. The van der Waals surface area contributed by atoms with Crippen molar-refractivity contribution in [3.8, 4) is 17.6 Å². The van der Waals surface area contributed by atoms with Crippen LogP contribution in [0.15, 0.2) is 76.6 Å². The van der Waals surface area contributed by atoms with Gasteiger partial charge in [-0.05, 0) is 66.6 Å². The number of methoxy groups -OCH3 is 1. The van der Waals surface area contributed by atoms with Crippen molar-refractivity contribution < 1.29 is 18.7 Å². The third-order valence-electron chi connectivity index (χ3n) is 6.85. The van der Waals surface area contributed by atoms with Crippen LogP contribution in [0.25, 0.3) is 6.08 Å². The molecule has 3 aromatic rings. The van der Waals surface area contributed by atoms with Gasteiger partial charge < -0.3 is 9.47 Å². The largest absolute Gasteiger partial charge is 0.493 e. The van der Waals surface area contributed by atoms with Crippen LogP contribution < -0.4 is 9.47 Å². The van der Waals surface area contributed by atoms with Crippen LogP contribution in [0.4, 0.5) is 10.1 Å². The smallest absolute Gasteiger partial charge is 0.267 e. The van der Waals surface area contributed by atoms with Gasteiger partial charge in [0.05, 0.1) is 23.6 Å². The van der Waals surface area contributed by atoms with Gasteiger partial charge in [0.25, 0.3) is 5.91 Å². The van der Waals surface area contributed by atoms with Crippen LogP contribution in [0.1, 0.15) is 48.8 Å². The van der Waals surface area contributed by atoms with Crippen molar-refractivity contribution in [3.05, 3.63) is 94.1 Å². The topological polar surface area (TPSA) is 74.9 Å². The number of halogens is 1. The van der Waals surface area contributed by atoms with Gasteiger partial charge in [-0.1, -0.05) is 55.7 Å². The zero-order chi connectivity index (χ0) is 27.2. The summed E-state index contributed by atoms with van der Waals surface area (Å²) in [4.78, 5) is 20.5. The number of carbonyl (C=O) groups is 1. The Morgan fingerprint density at radius 1 is 1.08 bits per heavy atom. The van der Waals surface area contributed by atoms with Crippen LogP contribution in [-0.4, -0.2) is 29.1 Å². The molecule has 1 aliphatic heterocycles. The Labute approximate surface area is 231 Å². The van der Waals surface area contributed by atoms with Gasteiger partial charge in [0.2, 0.25) is 0 Å². The van der Waals surface area contributed by atoms with Crippen molar-refractivity contribution in [1.29, 1.82) is 5.26 Å². The molecule has 0 bridgehead atoms. The van der Waals surface area contributed by atoms with Gasteiger partial charge in [-0.3, -0.25) is 9.69 Å². The third-order valence-corrected chi connectivity index (χ3v) is 7.83. The molecular weight excluding hydrogens is 513 g/mol. The van der Waals surface area contributed by atoms with E-state index in [2.05, 4.69) is 11.1 Å². The molecule has 8 heteroatoms. The van der Waals surface area contributed by atoms with E-state index in [1.807, 2.05) is 36.4 Å². The number of amidine groups is 1. The molecule has 1 heterocycles. The van der Waals surface area contributed by atoms with Crippen LogP contribution in [0.5, 0.6) is 11.5 Å². The fourth-order valence-electron chi connectivity index (χ4n) is 4.83. The lowest BCUT2D eigenvalue weighted by atomic mass is 9.94. The molecule has 6 nitrogen and oxygen atoms in total. The first kappa shape index (κ1) is 26.5. The van der Waals surface area contributed by atoms with E-state index in [-0.39, 0.29) is 24.2 Å². The first-order valence-electron chi connectivity index (χ1n) is 12.9. The summed E-state index contributed by atoms with van der Waals surface area (Å²) in [7, 11) is 1.56. The molecule has 1 aliphatic carbocycles. The van der Waals surface area contributed by atoms with E-state index >= 15 is 0 Å². The van der Waals surface area contributed by atoms with Gasteiger partial charge in [-0.15, -0.1) is 0 Å². The van der Waals surface area contributed by atoms with Crippen molar-refractivity contribution in [2.75, 3.05) is 7.11 Å². The van der Waals surface area contributed by atoms with Crippen LogP contribution in [0.3, 0.4) is 0 Å². The zero-order valence-corrected chi connectivity index (χ0v) is 22.4. The van der Waals surface area contributed by atoms with Crippen LogP contribution >= 0.6 is 11.8 Å². The van der Waals surface area contributed by atoms with E-state index in [0.717, 1.165) is 43.2 Å². The Morgan fingerprint density at radius 3 is 2.62 bits per heavy atom. The Morgan fingerprint density at radius 2 is 1.85 bits per heavy atom. The lowest BCUT2D eigenvalue weighted by Gasteiger charge is -2.30. The summed E-state index contributed by atoms with van der Waals surface area (Å²) in [5.74, 6) is 0.508. The predicted octanol–water partition coefficient (Wildman–Crippen LogP) is 7.22. The number of amides is 1. The summed E-state index contributed by atoms with van der Waals surface area (Å²) in [6, 6.07) is 21.3. The average Bonchev–Trinajstić information content (AvgIpc) is 3.27. The second-order valence-electron chi connectivity index (χ2n) is 9.39. The Hall–Kier alpha value is -4.09. The van der Waals surface area contributed by atoms with Gasteiger partial charge in [-0.25, -0.2) is 9.38 Å². The van der Waals surface area contributed by atoms with E-state index < -0.39 is 5.82 Å². The van der Waals surface area contributed by atoms with Crippen LogP contribution in [0.2, 0.25) is 0 Å². The highest BCUT2D eigenvalue weighted by molar-refractivity contribution is 8.18. The summed E-state index contributed by atoms with van der Waals surface area (Å²) in [6.07, 6.45) is 6.90. The summed E-state index contributed by atoms with van der Waals surface area (Å²) in [5, 5.41) is 9.84. The van der Waals surface area contributed by atoms with E-state index in [1.54, 1.807) is 42.3 Å². The number of carbonyl (C=O) groups excluding carboxylic acids is 1.